The molecule has 0 fully saturated rings. The fourth-order valence-electron chi connectivity index (χ4n) is 1.25. The van der Waals surface area contributed by atoms with Gasteiger partial charge in [0.05, 0.1) is 0 Å². The average molecular weight is 227 g/mol. The molecule has 1 unspecified atom stereocenters. The molecular weight excluding hydrogens is 209 g/mol. The van der Waals surface area contributed by atoms with Crippen LogP contribution in [0.25, 0.3) is 0 Å². The van der Waals surface area contributed by atoms with Gasteiger partial charge in [-0.25, -0.2) is 4.39 Å². The lowest BCUT2D eigenvalue weighted by atomic mass is 10.3. The molecule has 4 heteroatoms. The zero-order chi connectivity index (χ0) is 11.8. The molecule has 3 nitrogen and oxygen atoms in total. The number of para-hydroxylation sites is 1. The normalized spacial score (nSPS) is 12.4. The fraction of sp³-hybridized carbons (Fsp3) is 0.500. The zero-order valence-corrected chi connectivity index (χ0v) is 9.45. The number of aliphatic hydroxyl groups excluding tert-OH is 1. The lowest BCUT2D eigenvalue weighted by molar-refractivity contribution is 0.104. The van der Waals surface area contributed by atoms with E-state index in [0.717, 1.165) is 13.0 Å². The highest BCUT2D eigenvalue weighted by molar-refractivity contribution is 5.23. The van der Waals surface area contributed by atoms with Gasteiger partial charge < -0.3 is 15.2 Å². The number of rotatable bonds is 7. The number of ether oxygens (including phenoxy) is 1. The molecule has 0 aliphatic rings. The van der Waals surface area contributed by atoms with Crippen LogP contribution in [0.5, 0.6) is 5.75 Å². The third kappa shape index (κ3) is 4.59. The van der Waals surface area contributed by atoms with Crippen LogP contribution in [0.2, 0.25) is 0 Å². The Labute approximate surface area is 95.2 Å². The van der Waals surface area contributed by atoms with Crippen LogP contribution >= 0.6 is 0 Å². The van der Waals surface area contributed by atoms with Crippen molar-refractivity contribution in [2.24, 2.45) is 0 Å². The van der Waals surface area contributed by atoms with Crippen molar-refractivity contribution < 1.29 is 14.2 Å². The van der Waals surface area contributed by atoms with E-state index in [4.69, 9.17) is 4.74 Å². The number of hydrogen-bond donors (Lipinski definition) is 2. The predicted octanol–water partition coefficient (Wildman–Crippen LogP) is 1.56. The van der Waals surface area contributed by atoms with Gasteiger partial charge in [0.2, 0.25) is 0 Å². The fourth-order valence-corrected chi connectivity index (χ4v) is 1.25. The molecule has 1 aromatic carbocycles. The number of hydrogen-bond acceptors (Lipinski definition) is 3. The molecule has 0 aliphatic carbocycles. The summed E-state index contributed by atoms with van der Waals surface area (Å²) in [6.07, 6.45) is 0.395. The van der Waals surface area contributed by atoms with Crippen LogP contribution in [-0.4, -0.2) is 30.9 Å². The first-order valence-electron chi connectivity index (χ1n) is 5.50. The van der Waals surface area contributed by atoms with Gasteiger partial charge in [-0.2, -0.15) is 0 Å². The van der Waals surface area contributed by atoms with Crippen molar-refractivity contribution in [1.82, 2.24) is 5.32 Å². The predicted molar refractivity (Wildman–Crippen MR) is 61.1 cm³/mol. The van der Waals surface area contributed by atoms with E-state index >= 15 is 0 Å². The Morgan fingerprint density at radius 3 is 2.88 bits per heavy atom. The van der Waals surface area contributed by atoms with Crippen LogP contribution in [0, 0.1) is 5.82 Å². The molecule has 1 aromatic rings. The van der Waals surface area contributed by atoms with Crippen molar-refractivity contribution in [1.29, 1.82) is 0 Å². The summed E-state index contributed by atoms with van der Waals surface area (Å²) >= 11 is 0. The molecule has 16 heavy (non-hydrogen) atoms. The first-order valence-corrected chi connectivity index (χ1v) is 5.50. The number of benzene rings is 1. The van der Waals surface area contributed by atoms with Crippen LogP contribution in [0.4, 0.5) is 4.39 Å². The van der Waals surface area contributed by atoms with Crippen LogP contribution in [0.15, 0.2) is 24.3 Å². The van der Waals surface area contributed by atoms with Gasteiger partial charge in [-0.05, 0) is 25.1 Å². The van der Waals surface area contributed by atoms with Crippen molar-refractivity contribution in [3.8, 4) is 5.75 Å². The Balaban J connectivity index is 2.26. The molecule has 1 atom stereocenters. The van der Waals surface area contributed by atoms with E-state index in [1.54, 1.807) is 18.2 Å². The third-order valence-electron chi connectivity index (χ3n) is 2.07. The molecule has 0 saturated carbocycles. The second-order valence-electron chi connectivity index (χ2n) is 3.60. The van der Waals surface area contributed by atoms with E-state index in [0.29, 0.717) is 6.54 Å². The van der Waals surface area contributed by atoms with Crippen molar-refractivity contribution in [3.63, 3.8) is 0 Å². The summed E-state index contributed by atoms with van der Waals surface area (Å²) in [5.74, 6) is -0.228. The van der Waals surface area contributed by atoms with Crippen molar-refractivity contribution >= 4 is 0 Å². The minimum atomic E-state index is -0.619. The molecule has 0 aliphatic heterocycles. The van der Waals surface area contributed by atoms with E-state index in [1.165, 1.54) is 6.07 Å². The molecule has 1 rings (SSSR count). The Morgan fingerprint density at radius 1 is 1.44 bits per heavy atom. The zero-order valence-electron chi connectivity index (χ0n) is 9.45. The van der Waals surface area contributed by atoms with Gasteiger partial charge in [-0.15, -0.1) is 0 Å². The van der Waals surface area contributed by atoms with Gasteiger partial charge in [-0.1, -0.05) is 19.1 Å². The van der Waals surface area contributed by atoms with Gasteiger partial charge in [0.25, 0.3) is 0 Å². The minimum Gasteiger partial charge on any atom is -0.488 e. The van der Waals surface area contributed by atoms with Crippen LogP contribution in [0.3, 0.4) is 0 Å². The smallest absolute Gasteiger partial charge is 0.165 e. The minimum absolute atomic E-state index is 0.0949. The summed E-state index contributed by atoms with van der Waals surface area (Å²) in [6.45, 7) is 3.46. The first-order chi connectivity index (χ1) is 7.74. The molecule has 0 aromatic heterocycles. The van der Waals surface area contributed by atoms with E-state index in [2.05, 4.69) is 12.2 Å². The van der Waals surface area contributed by atoms with E-state index in [-0.39, 0.29) is 12.4 Å². The first kappa shape index (κ1) is 12.9. The number of nitrogens with one attached hydrogen (secondary N) is 1. The van der Waals surface area contributed by atoms with Crippen molar-refractivity contribution in [2.45, 2.75) is 19.4 Å². The Hall–Kier alpha value is -1.13. The Morgan fingerprint density at radius 2 is 2.19 bits per heavy atom. The molecule has 0 heterocycles. The Kier molecular flexibility index (Phi) is 5.82. The van der Waals surface area contributed by atoms with E-state index in [9.17, 15) is 9.50 Å². The quantitative estimate of drug-likeness (QED) is 0.695. The monoisotopic (exact) mass is 227 g/mol. The summed E-state index contributed by atoms with van der Waals surface area (Å²) in [4.78, 5) is 0. The lowest BCUT2D eigenvalue weighted by Gasteiger charge is -2.13. The second kappa shape index (κ2) is 7.19. The molecule has 0 saturated heterocycles. The highest BCUT2D eigenvalue weighted by Crippen LogP contribution is 2.15. The molecule has 0 amide bonds. The van der Waals surface area contributed by atoms with Crippen LogP contribution in [-0.2, 0) is 0 Å². The Bertz CT molecular complexity index is 307. The summed E-state index contributed by atoms with van der Waals surface area (Å²) in [6, 6.07) is 6.17. The number of aliphatic hydroxyl groups is 1. The summed E-state index contributed by atoms with van der Waals surface area (Å²) in [7, 11) is 0. The highest BCUT2D eigenvalue weighted by Gasteiger charge is 2.06. The van der Waals surface area contributed by atoms with Gasteiger partial charge >= 0.3 is 0 Å². The molecule has 0 bridgehead atoms. The van der Waals surface area contributed by atoms with Crippen molar-refractivity contribution in [3.05, 3.63) is 30.1 Å². The SMILES string of the molecule is CCCNCC(O)COc1ccccc1F. The van der Waals surface area contributed by atoms with Crippen LogP contribution < -0.4 is 10.1 Å². The molecular formula is C12H18FNO2. The summed E-state index contributed by atoms with van der Waals surface area (Å²) < 4.78 is 18.3. The maximum atomic E-state index is 13.1. The maximum absolute atomic E-state index is 13.1. The van der Waals surface area contributed by atoms with Crippen LogP contribution in [0.1, 0.15) is 13.3 Å². The highest BCUT2D eigenvalue weighted by atomic mass is 19.1. The standard InChI is InChI=1S/C12H18FNO2/c1-2-7-14-8-10(15)9-16-12-6-4-3-5-11(12)13/h3-6,10,14-15H,2,7-9H2,1H3. The molecule has 90 valence electrons. The number of halogens is 1. The van der Waals surface area contributed by atoms with Crippen molar-refractivity contribution in [2.75, 3.05) is 19.7 Å². The van der Waals surface area contributed by atoms with Gasteiger partial charge in [0.1, 0.15) is 12.7 Å². The van der Waals surface area contributed by atoms with Gasteiger partial charge in [0.15, 0.2) is 11.6 Å². The molecule has 0 spiro atoms. The maximum Gasteiger partial charge on any atom is 0.165 e. The average Bonchev–Trinajstić information content (AvgIpc) is 2.28. The van der Waals surface area contributed by atoms with Gasteiger partial charge in [0, 0.05) is 6.54 Å². The van der Waals surface area contributed by atoms with E-state index in [1.807, 2.05) is 0 Å². The summed E-state index contributed by atoms with van der Waals surface area (Å²) in [5.41, 5.74) is 0. The van der Waals surface area contributed by atoms with Gasteiger partial charge in [-0.3, -0.25) is 0 Å². The third-order valence-corrected chi connectivity index (χ3v) is 2.07. The van der Waals surface area contributed by atoms with E-state index < -0.39 is 11.9 Å². The second-order valence-corrected chi connectivity index (χ2v) is 3.60. The topological polar surface area (TPSA) is 41.5 Å². The summed E-state index contributed by atoms with van der Waals surface area (Å²) in [5, 5.41) is 12.6. The lowest BCUT2D eigenvalue weighted by Crippen LogP contribution is -2.31. The molecule has 2 N–H and O–H groups in total. The largest absolute Gasteiger partial charge is 0.488 e. The molecule has 0 radical (unpaired) electrons.